The zero-order valence-corrected chi connectivity index (χ0v) is 7.38. The molecular formula is C8H8F2N2O2. The summed E-state index contributed by atoms with van der Waals surface area (Å²) >= 11 is 0. The van der Waals surface area contributed by atoms with E-state index in [9.17, 15) is 18.9 Å². The summed E-state index contributed by atoms with van der Waals surface area (Å²) in [6, 6.07) is 1.28. The highest BCUT2D eigenvalue weighted by molar-refractivity contribution is 5.62. The van der Waals surface area contributed by atoms with Gasteiger partial charge in [0, 0.05) is 12.6 Å². The Morgan fingerprint density at radius 3 is 2.64 bits per heavy atom. The van der Waals surface area contributed by atoms with Crippen molar-refractivity contribution >= 4 is 11.4 Å². The van der Waals surface area contributed by atoms with Gasteiger partial charge in [-0.3, -0.25) is 10.1 Å². The van der Waals surface area contributed by atoms with E-state index in [0.717, 1.165) is 0 Å². The standard InChI is InChI=1S/C8H8F2N2O2/c1-2-11-8-6(10)3-5(9)4-7(8)12(13)14/h3-4,11H,2H2,1H3. The van der Waals surface area contributed by atoms with Crippen LogP contribution in [0.25, 0.3) is 0 Å². The Bertz CT molecular complexity index is 369. The first-order valence-corrected chi connectivity index (χ1v) is 3.93. The van der Waals surface area contributed by atoms with Crippen molar-refractivity contribution in [1.29, 1.82) is 0 Å². The number of nitro groups is 1. The van der Waals surface area contributed by atoms with Crippen LogP contribution in [0.5, 0.6) is 0 Å². The number of nitrogens with zero attached hydrogens (tertiary/aromatic N) is 1. The third kappa shape index (κ3) is 1.95. The minimum Gasteiger partial charge on any atom is -0.377 e. The molecule has 14 heavy (non-hydrogen) atoms. The molecule has 0 radical (unpaired) electrons. The monoisotopic (exact) mass is 202 g/mol. The first kappa shape index (κ1) is 10.4. The Morgan fingerprint density at radius 1 is 1.50 bits per heavy atom. The molecule has 0 saturated carbocycles. The average molecular weight is 202 g/mol. The van der Waals surface area contributed by atoms with Crippen LogP contribution in [-0.4, -0.2) is 11.5 Å². The molecule has 0 aromatic heterocycles. The first-order valence-electron chi connectivity index (χ1n) is 3.93. The number of anilines is 1. The minimum absolute atomic E-state index is 0.279. The molecule has 1 aromatic carbocycles. The lowest BCUT2D eigenvalue weighted by atomic mass is 10.2. The van der Waals surface area contributed by atoms with Gasteiger partial charge in [-0.25, -0.2) is 8.78 Å². The zero-order valence-electron chi connectivity index (χ0n) is 7.38. The van der Waals surface area contributed by atoms with Crippen molar-refractivity contribution in [2.75, 3.05) is 11.9 Å². The van der Waals surface area contributed by atoms with Crippen LogP contribution >= 0.6 is 0 Å². The smallest absolute Gasteiger partial charge is 0.298 e. The van der Waals surface area contributed by atoms with Crippen molar-refractivity contribution in [2.24, 2.45) is 0 Å². The molecular weight excluding hydrogens is 194 g/mol. The van der Waals surface area contributed by atoms with Crippen LogP contribution in [0.3, 0.4) is 0 Å². The van der Waals surface area contributed by atoms with E-state index >= 15 is 0 Å². The van der Waals surface area contributed by atoms with Gasteiger partial charge in [0.05, 0.1) is 11.0 Å². The van der Waals surface area contributed by atoms with Gasteiger partial charge >= 0.3 is 0 Å². The fraction of sp³-hybridized carbons (Fsp3) is 0.250. The summed E-state index contributed by atoms with van der Waals surface area (Å²) in [5.41, 5.74) is -0.872. The van der Waals surface area contributed by atoms with Crippen molar-refractivity contribution in [3.05, 3.63) is 33.9 Å². The fourth-order valence-corrected chi connectivity index (χ4v) is 1.06. The van der Waals surface area contributed by atoms with Gasteiger partial charge in [0.2, 0.25) is 0 Å². The number of halogens is 2. The van der Waals surface area contributed by atoms with E-state index in [0.29, 0.717) is 18.7 Å². The van der Waals surface area contributed by atoms with Crippen LogP contribution in [0.2, 0.25) is 0 Å². The molecule has 0 bridgehead atoms. The van der Waals surface area contributed by atoms with Crippen molar-refractivity contribution in [3.63, 3.8) is 0 Å². The lowest BCUT2D eigenvalue weighted by molar-refractivity contribution is -0.384. The summed E-state index contributed by atoms with van der Waals surface area (Å²) in [5, 5.41) is 12.9. The molecule has 0 aliphatic heterocycles. The van der Waals surface area contributed by atoms with Crippen molar-refractivity contribution in [2.45, 2.75) is 6.92 Å². The van der Waals surface area contributed by atoms with Gasteiger partial charge in [-0.15, -0.1) is 0 Å². The summed E-state index contributed by atoms with van der Waals surface area (Å²) in [7, 11) is 0. The van der Waals surface area contributed by atoms with E-state index in [-0.39, 0.29) is 5.69 Å². The van der Waals surface area contributed by atoms with Crippen LogP contribution in [0, 0.1) is 21.7 Å². The third-order valence-electron chi connectivity index (χ3n) is 1.58. The highest BCUT2D eigenvalue weighted by atomic mass is 19.1. The number of hydrogen-bond donors (Lipinski definition) is 1. The van der Waals surface area contributed by atoms with Gasteiger partial charge in [-0.1, -0.05) is 0 Å². The molecule has 0 unspecified atom stereocenters. The van der Waals surface area contributed by atoms with E-state index in [1.165, 1.54) is 0 Å². The van der Waals surface area contributed by atoms with Crippen LogP contribution < -0.4 is 5.32 Å². The Balaban J connectivity index is 3.28. The minimum atomic E-state index is -0.962. The van der Waals surface area contributed by atoms with E-state index < -0.39 is 22.2 Å². The second-order valence-corrected chi connectivity index (χ2v) is 2.57. The second-order valence-electron chi connectivity index (χ2n) is 2.57. The fourth-order valence-electron chi connectivity index (χ4n) is 1.06. The number of benzene rings is 1. The molecule has 0 aliphatic carbocycles. The summed E-state index contributed by atoms with van der Waals surface area (Å²) in [6.07, 6.45) is 0. The summed E-state index contributed by atoms with van der Waals surface area (Å²) < 4.78 is 25.7. The topological polar surface area (TPSA) is 55.2 Å². The molecule has 1 rings (SSSR count). The normalized spacial score (nSPS) is 9.93. The molecule has 0 amide bonds. The molecule has 76 valence electrons. The second kappa shape index (κ2) is 3.99. The predicted octanol–water partition coefficient (Wildman–Crippen LogP) is 2.30. The lowest BCUT2D eigenvalue weighted by Gasteiger charge is -2.05. The van der Waals surface area contributed by atoms with E-state index in [2.05, 4.69) is 5.32 Å². The van der Waals surface area contributed by atoms with Crippen LogP contribution in [0.15, 0.2) is 12.1 Å². The molecule has 1 N–H and O–H groups in total. The quantitative estimate of drug-likeness (QED) is 0.604. The van der Waals surface area contributed by atoms with Gasteiger partial charge in [0.1, 0.15) is 11.5 Å². The molecule has 4 nitrogen and oxygen atoms in total. The predicted molar refractivity (Wildman–Crippen MR) is 47.2 cm³/mol. The van der Waals surface area contributed by atoms with Crippen LogP contribution in [0.4, 0.5) is 20.2 Å². The van der Waals surface area contributed by atoms with Crippen LogP contribution in [0.1, 0.15) is 6.92 Å². The number of hydrogen-bond acceptors (Lipinski definition) is 3. The van der Waals surface area contributed by atoms with Crippen molar-refractivity contribution in [3.8, 4) is 0 Å². The number of nitro benzene ring substituents is 1. The SMILES string of the molecule is CCNc1c(F)cc(F)cc1[N+](=O)[O-]. The number of nitrogens with one attached hydrogen (secondary N) is 1. The summed E-state index contributed by atoms with van der Waals surface area (Å²) in [4.78, 5) is 9.60. The van der Waals surface area contributed by atoms with Crippen LogP contribution in [-0.2, 0) is 0 Å². The molecule has 1 aromatic rings. The van der Waals surface area contributed by atoms with Gasteiger partial charge in [-0.2, -0.15) is 0 Å². The Labute approximate surface area is 78.7 Å². The highest BCUT2D eigenvalue weighted by Gasteiger charge is 2.19. The van der Waals surface area contributed by atoms with Crippen molar-refractivity contribution in [1.82, 2.24) is 0 Å². The van der Waals surface area contributed by atoms with E-state index in [1.54, 1.807) is 6.92 Å². The largest absolute Gasteiger partial charge is 0.377 e. The maximum atomic E-state index is 13.1. The molecule has 6 heteroatoms. The molecule has 0 spiro atoms. The van der Waals surface area contributed by atoms with E-state index in [4.69, 9.17) is 0 Å². The maximum Gasteiger partial charge on any atom is 0.298 e. The van der Waals surface area contributed by atoms with Gasteiger partial charge in [0.15, 0.2) is 5.82 Å². The third-order valence-corrected chi connectivity index (χ3v) is 1.58. The highest BCUT2D eigenvalue weighted by Crippen LogP contribution is 2.28. The zero-order chi connectivity index (χ0) is 10.7. The number of rotatable bonds is 3. The average Bonchev–Trinajstić information content (AvgIpc) is 2.09. The first-order chi connectivity index (χ1) is 6.56. The molecule has 0 saturated heterocycles. The van der Waals surface area contributed by atoms with Crippen molar-refractivity contribution < 1.29 is 13.7 Å². The molecule has 0 aliphatic rings. The summed E-state index contributed by atoms with van der Waals surface area (Å²) in [6.45, 7) is 1.98. The Morgan fingerprint density at radius 2 is 2.14 bits per heavy atom. The van der Waals surface area contributed by atoms with Gasteiger partial charge < -0.3 is 5.32 Å². The Kier molecular flexibility index (Phi) is 2.95. The molecule has 0 atom stereocenters. The maximum absolute atomic E-state index is 13.1. The molecule has 0 fully saturated rings. The van der Waals surface area contributed by atoms with Gasteiger partial charge in [0.25, 0.3) is 5.69 Å². The lowest BCUT2D eigenvalue weighted by Crippen LogP contribution is -2.04. The summed E-state index contributed by atoms with van der Waals surface area (Å²) in [5.74, 6) is -1.92. The van der Waals surface area contributed by atoms with Gasteiger partial charge in [-0.05, 0) is 6.92 Å². The molecule has 0 heterocycles. The van der Waals surface area contributed by atoms with E-state index in [1.807, 2.05) is 0 Å². The Hall–Kier alpha value is -1.72.